The van der Waals surface area contributed by atoms with Crippen molar-refractivity contribution in [3.05, 3.63) is 21.4 Å². The molecule has 3 nitrogen and oxygen atoms in total. The molecule has 0 aliphatic carbocycles. The van der Waals surface area contributed by atoms with Crippen LogP contribution in [-0.2, 0) is 21.3 Å². The van der Waals surface area contributed by atoms with E-state index in [0.717, 1.165) is 11.1 Å². The van der Waals surface area contributed by atoms with Crippen molar-refractivity contribution in [3.8, 4) is 0 Å². The molecule has 0 saturated heterocycles. The van der Waals surface area contributed by atoms with Crippen LogP contribution in [0.3, 0.4) is 0 Å². The molecule has 5 heteroatoms. The number of carbonyl (C=O) groups is 1. The number of thiophene rings is 1. The van der Waals surface area contributed by atoms with Gasteiger partial charge in [0.1, 0.15) is 0 Å². The van der Waals surface area contributed by atoms with Gasteiger partial charge in [-0.15, -0.1) is 11.3 Å². The van der Waals surface area contributed by atoms with Crippen molar-refractivity contribution in [1.29, 1.82) is 0 Å². The molecule has 0 N–H and O–H groups in total. The molecule has 0 bridgehead atoms. The molecular weight excluding hydrogens is 208 g/mol. The normalized spacial score (nSPS) is 18.5. The van der Waals surface area contributed by atoms with Gasteiger partial charge >= 0.3 is 0 Å². The van der Waals surface area contributed by atoms with Crippen LogP contribution in [0.15, 0.2) is 5.38 Å². The lowest BCUT2D eigenvalue weighted by atomic mass is 10.1. The first-order valence-electron chi connectivity index (χ1n) is 3.80. The van der Waals surface area contributed by atoms with E-state index in [4.69, 9.17) is 0 Å². The molecule has 1 aliphatic heterocycles. The third-order valence-electron chi connectivity index (χ3n) is 2.04. The van der Waals surface area contributed by atoms with Crippen molar-refractivity contribution in [3.63, 3.8) is 0 Å². The maximum atomic E-state index is 11.2. The number of ketones is 1. The van der Waals surface area contributed by atoms with Gasteiger partial charge in [-0.05, 0) is 23.4 Å². The number of Topliss-reactive ketones (excluding diaryl/α,β-unsaturated/α-hetero) is 1. The van der Waals surface area contributed by atoms with E-state index in [0.29, 0.717) is 4.88 Å². The minimum absolute atomic E-state index is 0.0386. The molecule has 1 aromatic heterocycles. The molecule has 0 radical (unpaired) electrons. The predicted molar refractivity (Wildman–Crippen MR) is 50.7 cm³/mol. The van der Waals surface area contributed by atoms with Crippen molar-refractivity contribution >= 4 is 27.0 Å². The molecule has 0 aromatic carbocycles. The SMILES string of the molecule is CC(=O)c1scc2c1CS(=O)(=O)C2. The second-order valence-corrected chi connectivity index (χ2v) is 6.10. The van der Waals surface area contributed by atoms with E-state index >= 15 is 0 Å². The van der Waals surface area contributed by atoms with E-state index < -0.39 is 9.84 Å². The summed E-state index contributed by atoms with van der Waals surface area (Å²) < 4.78 is 22.4. The first-order chi connectivity index (χ1) is 5.99. The largest absolute Gasteiger partial charge is 0.294 e. The topological polar surface area (TPSA) is 51.2 Å². The Bertz CT molecular complexity index is 468. The molecule has 0 atom stereocenters. The Morgan fingerprint density at radius 2 is 2.15 bits per heavy atom. The lowest BCUT2D eigenvalue weighted by Gasteiger charge is -1.92. The highest BCUT2D eigenvalue weighted by atomic mass is 32.2. The van der Waals surface area contributed by atoms with Crippen LogP contribution >= 0.6 is 11.3 Å². The Hall–Kier alpha value is -0.680. The number of rotatable bonds is 1. The molecule has 2 heterocycles. The van der Waals surface area contributed by atoms with Crippen LogP contribution < -0.4 is 0 Å². The Kier molecular flexibility index (Phi) is 1.82. The van der Waals surface area contributed by atoms with Crippen molar-refractivity contribution < 1.29 is 13.2 Å². The number of sulfone groups is 1. The summed E-state index contributed by atoms with van der Waals surface area (Å²) >= 11 is 1.35. The fourth-order valence-corrected chi connectivity index (χ4v) is 4.30. The van der Waals surface area contributed by atoms with Gasteiger partial charge in [-0.1, -0.05) is 0 Å². The van der Waals surface area contributed by atoms with Gasteiger partial charge in [-0.3, -0.25) is 4.79 Å². The quantitative estimate of drug-likeness (QED) is 0.666. The summed E-state index contributed by atoms with van der Waals surface area (Å²) in [7, 11) is -2.96. The second kappa shape index (κ2) is 2.65. The molecule has 2 rings (SSSR count). The van der Waals surface area contributed by atoms with Crippen LogP contribution in [0.1, 0.15) is 27.7 Å². The molecule has 0 amide bonds. The Balaban J connectivity index is 2.55. The van der Waals surface area contributed by atoms with Gasteiger partial charge in [0.25, 0.3) is 0 Å². The summed E-state index contributed by atoms with van der Waals surface area (Å²) in [5.41, 5.74) is 1.55. The summed E-state index contributed by atoms with van der Waals surface area (Å²) in [5, 5.41) is 1.77. The highest BCUT2D eigenvalue weighted by Crippen LogP contribution is 2.32. The van der Waals surface area contributed by atoms with Gasteiger partial charge in [-0.25, -0.2) is 8.42 Å². The van der Waals surface area contributed by atoms with Gasteiger partial charge in [0, 0.05) is 0 Å². The third-order valence-corrected chi connectivity index (χ3v) is 4.69. The molecule has 1 aliphatic rings. The van der Waals surface area contributed by atoms with Crippen molar-refractivity contribution in [2.45, 2.75) is 18.4 Å². The molecule has 13 heavy (non-hydrogen) atoms. The highest BCUT2D eigenvalue weighted by molar-refractivity contribution is 7.90. The molecule has 0 saturated carbocycles. The zero-order valence-corrected chi connectivity index (χ0v) is 8.67. The van der Waals surface area contributed by atoms with Crippen molar-refractivity contribution in [2.75, 3.05) is 0 Å². The molecule has 0 fully saturated rings. The number of carbonyl (C=O) groups excluding carboxylic acids is 1. The van der Waals surface area contributed by atoms with Crippen LogP contribution in [0.2, 0.25) is 0 Å². The van der Waals surface area contributed by atoms with Gasteiger partial charge in [-0.2, -0.15) is 0 Å². The Morgan fingerprint density at radius 1 is 1.46 bits per heavy atom. The van der Waals surface area contributed by atoms with Gasteiger partial charge in [0.15, 0.2) is 15.6 Å². The number of hydrogen-bond donors (Lipinski definition) is 0. The maximum Gasteiger partial charge on any atom is 0.170 e. The highest BCUT2D eigenvalue weighted by Gasteiger charge is 2.29. The Morgan fingerprint density at radius 3 is 2.77 bits per heavy atom. The van der Waals surface area contributed by atoms with E-state index in [9.17, 15) is 13.2 Å². The summed E-state index contributed by atoms with van der Waals surface area (Å²) in [6.07, 6.45) is 0. The summed E-state index contributed by atoms with van der Waals surface area (Å²) in [6.45, 7) is 1.47. The molecule has 70 valence electrons. The molecule has 1 aromatic rings. The van der Waals surface area contributed by atoms with Crippen LogP contribution in [0.5, 0.6) is 0 Å². The monoisotopic (exact) mass is 216 g/mol. The van der Waals surface area contributed by atoms with Crippen molar-refractivity contribution in [2.24, 2.45) is 0 Å². The number of hydrogen-bond acceptors (Lipinski definition) is 4. The van der Waals surface area contributed by atoms with Crippen molar-refractivity contribution in [1.82, 2.24) is 0 Å². The smallest absolute Gasteiger partial charge is 0.170 e. The maximum absolute atomic E-state index is 11.2. The first kappa shape index (κ1) is 8.90. The van der Waals surface area contributed by atoms with Crippen LogP contribution in [0.4, 0.5) is 0 Å². The zero-order chi connectivity index (χ0) is 9.64. The van der Waals surface area contributed by atoms with Gasteiger partial charge < -0.3 is 0 Å². The fraction of sp³-hybridized carbons (Fsp3) is 0.375. The van der Waals surface area contributed by atoms with E-state index in [2.05, 4.69) is 0 Å². The predicted octanol–water partition coefficient (Wildman–Crippen LogP) is 1.38. The zero-order valence-electron chi connectivity index (χ0n) is 7.03. The number of fused-ring (bicyclic) bond motifs is 1. The van der Waals surface area contributed by atoms with Crippen LogP contribution in [0.25, 0.3) is 0 Å². The minimum Gasteiger partial charge on any atom is -0.294 e. The first-order valence-corrected chi connectivity index (χ1v) is 6.50. The molecular formula is C8H8O3S2. The molecule has 0 unspecified atom stereocenters. The average Bonchev–Trinajstić information content (AvgIpc) is 2.41. The minimum atomic E-state index is -2.96. The van der Waals surface area contributed by atoms with Crippen LogP contribution in [-0.4, -0.2) is 14.2 Å². The summed E-state index contributed by atoms with van der Waals surface area (Å²) in [6, 6.07) is 0. The van der Waals surface area contributed by atoms with Gasteiger partial charge in [0.05, 0.1) is 16.4 Å². The Labute approximate surface area is 80.3 Å². The molecule has 0 spiro atoms. The van der Waals surface area contributed by atoms with Crippen LogP contribution in [0, 0.1) is 0 Å². The lowest BCUT2D eigenvalue weighted by Crippen LogP contribution is -1.98. The standard InChI is InChI=1S/C8H8O3S2/c1-5(9)8-7-4-13(10,11)3-6(7)2-12-8/h2H,3-4H2,1H3. The summed E-state index contributed by atoms with van der Waals surface area (Å²) in [4.78, 5) is 11.7. The van der Waals surface area contributed by atoms with Gasteiger partial charge in [0.2, 0.25) is 0 Å². The fourth-order valence-electron chi connectivity index (χ4n) is 1.50. The van der Waals surface area contributed by atoms with E-state index in [-0.39, 0.29) is 17.3 Å². The van der Waals surface area contributed by atoms with E-state index in [1.54, 1.807) is 5.38 Å². The van der Waals surface area contributed by atoms with E-state index in [1.807, 2.05) is 0 Å². The second-order valence-electron chi connectivity index (χ2n) is 3.16. The average molecular weight is 216 g/mol. The van der Waals surface area contributed by atoms with E-state index in [1.165, 1.54) is 18.3 Å². The third kappa shape index (κ3) is 1.42. The lowest BCUT2D eigenvalue weighted by molar-refractivity contribution is 0.102. The summed E-state index contributed by atoms with van der Waals surface area (Å²) in [5.74, 6) is 0.107.